The van der Waals surface area contributed by atoms with E-state index < -0.39 is 65.5 Å². The van der Waals surface area contributed by atoms with E-state index in [1.54, 1.807) is 50.8 Å². The van der Waals surface area contributed by atoms with Gasteiger partial charge in [-0.05, 0) is 62.1 Å². The fourth-order valence-electron chi connectivity index (χ4n) is 6.62. The van der Waals surface area contributed by atoms with Crippen LogP contribution in [0.2, 0.25) is 0 Å². The summed E-state index contributed by atoms with van der Waals surface area (Å²) < 4.78 is 87.1. The second kappa shape index (κ2) is 11.9. The zero-order valence-corrected chi connectivity index (χ0v) is 26.3. The Morgan fingerprint density at radius 2 is 1.70 bits per heavy atom. The molecule has 0 bridgehead atoms. The summed E-state index contributed by atoms with van der Waals surface area (Å²) in [6, 6.07) is 6.10. The first-order valence-electron chi connectivity index (χ1n) is 15.3. The first kappa shape index (κ1) is 34.3. The number of amides is 4. The molecule has 0 aliphatic carbocycles. The Balaban J connectivity index is 1.33. The molecule has 2 saturated heterocycles. The van der Waals surface area contributed by atoms with Crippen molar-refractivity contribution in [1.82, 2.24) is 15.1 Å². The Labute approximate surface area is 267 Å². The number of imide groups is 1. The number of urea groups is 1. The van der Waals surface area contributed by atoms with Gasteiger partial charge in [-0.25, -0.2) is 4.79 Å². The molecule has 256 valence electrons. The molecule has 3 aliphatic rings. The van der Waals surface area contributed by atoms with Crippen molar-refractivity contribution in [3.8, 4) is 5.75 Å². The summed E-state index contributed by atoms with van der Waals surface area (Å²) >= 11 is 0. The Kier molecular flexibility index (Phi) is 8.69. The molecule has 2 fully saturated rings. The van der Waals surface area contributed by atoms with Crippen molar-refractivity contribution >= 4 is 23.5 Å². The topological polar surface area (TPSA) is 102 Å². The van der Waals surface area contributed by atoms with E-state index in [9.17, 15) is 45.8 Å². The van der Waals surface area contributed by atoms with Crippen LogP contribution < -0.4 is 15.0 Å². The lowest BCUT2D eigenvalue weighted by molar-refractivity contribution is -0.376. The summed E-state index contributed by atoms with van der Waals surface area (Å²) in [6.45, 7) is 7.04. The Morgan fingerprint density at radius 1 is 1.02 bits per heavy atom. The number of alkyl halides is 6. The molecule has 4 amide bonds. The van der Waals surface area contributed by atoms with Crippen molar-refractivity contribution in [3.05, 3.63) is 58.7 Å². The number of rotatable bonds is 7. The van der Waals surface area contributed by atoms with Gasteiger partial charge in [-0.1, -0.05) is 31.5 Å². The third-order valence-corrected chi connectivity index (χ3v) is 9.29. The predicted octanol–water partition coefficient (Wildman–Crippen LogP) is 4.78. The zero-order chi connectivity index (χ0) is 34.7. The highest BCUT2D eigenvalue weighted by molar-refractivity contribution is 6.09. The van der Waals surface area contributed by atoms with Gasteiger partial charge >= 0.3 is 18.4 Å². The lowest BCUT2D eigenvalue weighted by Gasteiger charge is -2.46. The van der Waals surface area contributed by atoms with Crippen molar-refractivity contribution in [1.29, 1.82) is 0 Å². The molecular weight excluding hydrogens is 634 g/mol. The molecule has 0 radical (unpaired) electrons. The van der Waals surface area contributed by atoms with Crippen molar-refractivity contribution in [2.24, 2.45) is 0 Å². The van der Waals surface area contributed by atoms with Crippen molar-refractivity contribution in [3.63, 3.8) is 0 Å². The SMILES string of the molecule is CCCc1cc(C(O)(C(F)(F)F)C(F)(F)F)ccc1N1CC(C)N(C(=O)CN2C(=O)N[C@](C)(c3ccc4c(c3)CCO4)C2=O)CC1C. The summed E-state index contributed by atoms with van der Waals surface area (Å²) in [4.78, 5) is 44.2. The first-order chi connectivity index (χ1) is 21.8. The number of halogens is 6. The standard InChI is InChI=1S/C32H36F6N4O5/c1-5-6-20-13-23(30(46,31(33,34)35)32(36,37)38)7-9-24(20)40-15-19(3)41(16-18(40)2)26(43)17-42-27(44)29(4,39-28(42)45)22-8-10-25-21(14-22)11-12-47-25/h7-10,13-14,18-19,46H,5-6,11-12,15-17H2,1-4H3,(H,39,45)/t18?,19?,29-/m1/s1. The fraction of sp³-hybridized carbons (Fsp3) is 0.531. The van der Waals surface area contributed by atoms with Gasteiger partial charge in [-0.15, -0.1) is 0 Å². The molecule has 3 atom stereocenters. The average Bonchev–Trinajstić information content (AvgIpc) is 3.55. The zero-order valence-electron chi connectivity index (χ0n) is 26.3. The molecule has 3 heterocycles. The third-order valence-electron chi connectivity index (χ3n) is 9.29. The summed E-state index contributed by atoms with van der Waals surface area (Å²) in [7, 11) is 0. The van der Waals surface area contributed by atoms with Crippen LogP contribution in [0.25, 0.3) is 0 Å². The number of benzene rings is 2. The molecule has 2 unspecified atom stereocenters. The van der Waals surface area contributed by atoms with E-state index in [0.29, 0.717) is 42.5 Å². The molecule has 0 aromatic heterocycles. The number of ether oxygens (including phenoxy) is 1. The number of hydrogen-bond donors (Lipinski definition) is 2. The molecule has 2 aromatic carbocycles. The summed E-state index contributed by atoms with van der Waals surface area (Å²) in [5, 5.41) is 12.7. The Hall–Kier alpha value is -4.01. The van der Waals surface area contributed by atoms with Crippen LogP contribution in [-0.4, -0.2) is 83.4 Å². The first-order valence-corrected chi connectivity index (χ1v) is 15.3. The molecule has 47 heavy (non-hydrogen) atoms. The highest BCUT2D eigenvalue weighted by Gasteiger charge is 2.71. The predicted molar refractivity (Wildman–Crippen MR) is 158 cm³/mol. The number of anilines is 1. The number of carbonyl (C=O) groups is 3. The van der Waals surface area contributed by atoms with Crippen LogP contribution in [0.4, 0.5) is 36.8 Å². The molecule has 3 aliphatic heterocycles. The normalized spacial score (nSPS) is 23.6. The van der Waals surface area contributed by atoms with Crippen LogP contribution in [-0.2, 0) is 33.6 Å². The second-order valence-corrected chi connectivity index (χ2v) is 12.6. The number of carbonyl (C=O) groups excluding carboxylic acids is 3. The Morgan fingerprint density at radius 3 is 2.34 bits per heavy atom. The molecule has 9 nitrogen and oxygen atoms in total. The van der Waals surface area contributed by atoms with Gasteiger partial charge in [0.2, 0.25) is 5.91 Å². The fourth-order valence-corrected chi connectivity index (χ4v) is 6.62. The molecule has 15 heteroatoms. The van der Waals surface area contributed by atoms with Gasteiger partial charge in [0.25, 0.3) is 11.5 Å². The van der Waals surface area contributed by atoms with Crippen LogP contribution in [0.5, 0.6) is 5.75 Å². The van der Waals surface area contributed by atoms with E-state index in [2.05, 4.69) is 5.32 Å². The van der Waals surface area contributed by atoms with Crippen LogP contribution in [0.3, 0.4) is 0 Å². The maximum absolute atomic E-state index is 13.6. The largest absolute Gasteiger partial charge is 0.493 e. The van der Waals surface area contributed by atoms with E-state index in [0.717, 1.165) is 22.6 Å². The third kappa shape index (κ3) is 5.76. The van der Waals surface area contributed by atoms with E-state index >= 15 is 0 Å². The minimum atomic E-state index is -6.01. The highest BCUT2D eigenvalue weighted by Crippen LogP contribution is 2.50. The molecule has 2 N–H and O–H groups in total. The number of fused-ring (bicyclic) bond motifs is 1. The quantitative estimate of drug-likeness (QED) is 0.325. The van der Waals surface area contributed by atoms with Crippen molar-refractivity contribution in [2.75, 3.05) is 31.1 Å². The maximum Gasteiger partial charge on any atom is 0.430 e. The van der Waals surface area contributed by atoms with Gasteiger partial charge in [-0.3, -0.25) is 14.5 Å². The lowest BCUT2D eigenvalue weighted by atomic mass is 9.89. The van der Waals surface area contributed by atoms with Crippen molar-refractivity contribution in [2.45, 2.75) is 82.5 Å². The number of aryl methyl sites for hydroxylation is 1. The minimum absolute atomic E-state index is 0.105. The summed E-state index contributed by atoms with van der Waals surface area (Å²) in [5.74, 6) is -0.370. The highest BCUT2D eigenvalue weighted by atomic mass is 19.4. The summed E-state index contributed by atoms with van der Waals surface area (Å²) in [6.07, 6.45) is -10.8. The molecular formula is C32H36F6N4O5. The summed E-state index contributed by atoms with van der Waals surface area (Å²) in [5.41, 5.74) is -5.72. The second-order valence-electron chi connectivity index (χ2n) is 12.6. The van der Waals surface area contributed by atoms with Crippen molar-refractivity contribution < 1.29 is 50.6 Å². The number of nitrogens with one attached hydrogen (secondary N) is 1. The van der Waals surface area contributed by atoms with Crippen LogP contribution in [0.15, 0.2) is 36.4 Å². The van der Waals surface area contributed by atoms with E-state index in [1.807, 2.05) is 0 Å². The van der Waals surface area contributed by atoms with Gasteiger partial charge in [0, 0.05) is 42.8 Å². The number of aliphatic hydroxyl groups is 1. The number of nitrogens with zero attached hydrogens (tertiary/aromatic N) is 3. The van der Waals surface area contributed by atoms with Crippen LogP contribution >= 0.6 is 0 Å². The maximum atomic E-state index is 13.6. The smallest absolute Gasteiger partial charge is 0.430 e. The van der Waals surface area contributed by atoms with Crippen LogP contribution in [0, 0.1) is 0 Å². The van der Waals surface area contributed by atoms with Crippen LogP contribution in [0.1, 0.15) is 56.4 Å². The van der Waals surface area contributed by atoms with Gasteiger partial charge in [0.05, 0.1) is 6.61 Å². The molecule has 2 aromatic rings. The van der Waals surface area contributed by atoms with E-state index in [4.69, 9.17) is 4.74 Å². The Bertz CT molecular complexity index is 1570. The van der Waals surface area contributed by atoms with Gasteiger partial charge in [0.1, 0.15) is 17.8 Å². The number of piperazine rings is 1. The van der Waals surface area contributed by atoms with E-state index in [-0.39, 0.29) is 25.1 Å². The van der Waals surface area contributed by atoms with Gasteiger partial charge in [0.15, 0.2) is 0 Å². The number of hydrogen-bond acceptors (Lipinski definition) is 6. The molecule has 0 spiro atoms. The molecule has 0 saturated carbocycles. The lowest BCUT2D eigenvalue weighted by Crippen LogP contribution is -2.60. The average molecular weight is 671 g/mol. The molecule has 5 rings (SSSR count). The minimum Gasteiger partial charge on any atom is -0.493 e. The van der Waals surface area contributed by atoms with Gasteiger partial charge < -0.3 is 25.0 Å². The van der Waals surface area contributed by atoms with E-state index in [1.165, 1.54) is 4.90 Å². The monoisotopic (exact) mass is 670 g/mol. The van der Waals surface area contributed by atoms with Gasteiger partial charge in [-0.2, -0.15) is 26.3 Å².